The second-order valence-corrected chi connectivity index (χ2v) is 5.46. The first kappa shape index (κ1) is 14.4. The quantitative estimate of drug-likeness (QED) is 0.873. The van der Waals surface area contributed by atoms with Crippen molar-refractivity contribution in [2.24, 2.45) is 0 Å². The van der Waals surface area contributed by atoms with E-state index < -0.39 is 0 Å². The summed E-state index contributed by atoms with van der Waals surface area (Å²) in [7, 11) is 3.42. The predicted molar refractivity (Wildman–Crippen MR) is 79.1 cm³/mol. The van der Waals surface area contributed by atoms with Crippen LogP contribution >= 0.6 is 31.9 Å². The van der Waals surface area contributed by atoms with Crippen LogP contribution in [0.15, 0.2) is 33.6 Å². The highest BCUT2D eigenvalue weighted by molar-refractivity contribution is 9.11. The minimum Gasteiger partial charge on any atom is -0.480 e. The molecule has 0 aliphatic rings. The van der Waals surface area contributed by atoms with Crippen LogP contribution in [-0.2, 0) is 0 Å². The van der Waals surface area contributed by atoms with Crippen LogP contribution < -0.4 is 10.1 Å². The molecule has 1 N–H and O–H groups in total. The molecule has 2 aromatic heterocycles. The molecule has 1 unspecified atom stereocenters. The smallest absolute Gasteiger partial charge is 0.237 e. The molecule has 19 heavy (non-hydrogen) atoms. The van der Waals surface area contributed by atoms with Crippen LogP contribution in [0.5, 0.6) is 5.88 Å². The fraction of sp³-hybridized carbons (Fsp3) is 0.250. The van der Waals surface area contributed by atoms with Crippen molar-refractivity contribution >= 4 is 31.9 Å². The number of hydrogen-bond donors (Lipinski definition) is 1. The molecule has 1 atom stereocenters. The summed E-state index contributed by atoms with van der Waals surface area (Å²) in [6.07, 6.45) is 4.97. The zero-order chi connectivity index (χ0) is 13.8. The molecule has 0 radical (unpaired) electrons. The minimum absolute atomic E-state index is 0.203. The molecule has 0 spiro atoms. The van der Waals surface area contributed by atoms with Gasteiger partial charge < -0.3 is 10.1 Å². The summed E-state index contributed by atoms with van der Waals surface area (Å²) in [5.74, 6) is 0.485. The SMILES string of the molecule is CNC(c1ncc(Br)cc1Br)c1nccnc1OC. The van der Waals surface area contributed by atoms with Gasteiger partial charge in [0.1, 0.15) is 5.69 Å². The number of nitrogens with one attached hydrogen (secondary N) is 1. The Bertz CT molecular complexity index is 579. The van der Waals surface area contributed by atoms with E-state index in [2.05, 4.69) is 52.1 Å². The van der Waals surface area contributed by atoms with Crippen LogP contribution in [0.25, 0.3) is 0 Å². The van der Waals surface area contributed by atoms with E-state index in [4.69, 9.17) is 4.74 Å². The van der Waals surface area contributed by atoms with E-state index in [0.29, 0.717) is 11.6 Å². The Morgan fingerprint density at radius 2 is 1.89 bits per heavy atom. The van der Waals surface area contributed by atoms with Crippen molar-refractivity contribution in [3.63, 3.8) is 0 Å². The van der Waals surface area contributed by atoms with Gasteiger partial charge in [-0.2, -0.15) is 0 Å². The van der Waals surface area contributed by atoms with Crippen LogP contribution in [-0.4, -0.2) is 29.1 Å². The summed E-state index contributed by atoms with van der Waals surface area (Å²) < 4.78 is 7.04. The number of halogens is 2. The molecular formula is C12H12Br2N4O. The van der Waals surface area contributed by atoms with Crippen molar-refractivity contribution in [2.45, 2.75) is 6.04 Å². The zero-order valence-corrected chi connectivity index (χ0v) is 13.6. The number of ether oxygens (including phenoxy) is 1. The summed E-state index contributed by atoms with van der Waals surface area (Å²) in [4.78, 5) is 12.9. The molecule has 100 valence electrons. The Hall–Kier alpha value is -1.05. The highest BCUT2D eigenvalue weighted by Gasteiger charge is 2.22. The average molecular weight is 388 g/mol. The monoisotopic (exact) mass is 386 g/mol. The first-order chi connectivity index (χ1) is 9.17. The third-order valence-corrected chi connectivity index (χ3v) is 3.63. The average Bonchev–Trinajstić information content (AvgIpc) is 2.42. The van der Waals surface area contributed by atoms with E-state index in [-0.39, 0.29) is 6.04 Å². The lowest BCUT2D eigenvalue weighted by Gasteiger charge is -2.18. The maximum Gasteiger partial charge on any atom is 0.237 e. The number of rotatable bonds is 4. The van der Waals surface area contributed by atoms with Gasteiger partial charge in [0, 0.05) is 27.5 Å². The number of nitrogens with zero attached hydrogens (tertiary/aromatic N) is 3. The van der Waals surface area contributed by atoms with Crippen molar-refractivity contribution in [3.05, 3.63) is 45.0 Å². The van der Waals surface area contributed by atoms with Crippen LogP contribution in [0.2, 0.25) is 0 Å². The van der Waals surface area contributed by atoms with Crippen molar-refractivity contribution in [1.29, 1.82) is 0 Å². The third-order valence-electron chi connectivity index (χ3n) is 2.56. The standard InChI is InChI=1S/C12H12Br2N4O/c1-15-10(9-8(14)5-7(13)6-18-9)11-12(19-2)17-4-3-16-11/h3-6,10,15H,1-2H3. The van der Waals surface area contributed by atoms with Gasteiger partial charge >= 0.3 is 0 Å². The summed E-state index contributed by atoms with van der Waals surface area (Å²) >= 11 is 6.90. The number of methoxy groups -OCH3 is 1. The fourth-order valence-electron chi connectivity index (χ4n) is 1.73. The van der Waals surface area contributed by atoms with E-state index in [0.717, 1.165) is 14.6 Å². The van der Waals surface area contributed by atoms with Gasteiger partial charge in [-0.3, -0.25) is 9.97 Å². The Balaban J connectivity index is 2.50. The van der Waals surface area contributed by atoms with Gasteiger partial charge in [-0.1, -0.05) is 0 Å². The molecule has 0 saturated heterocycles. The topological polar surface area (TPSA) is 59.9 Å². The van der Waals surface area contributed by atoms with Gasteiger partial charge in [0.25, 0.3) is 0 Å². The fourth-order valence-corrected chi connectivity index (χ4v) is 2.95. The highest BCUT2D eigenvalue weighted by Crippen LogP contribution is 2.30. The first-order valence-electron chi connectivity index (χ1n) is 5.50. The van der Waals surface area contributed by atoms with Crippen molar-refractivity contribution in [2.75, 3.05) is 14.2 Å². The van der Waals surface area contributed by atoms with Gasteiger partial charge in [-0.25, -0.2) is 4.98 Å². The second kappa shape index (κ2) is 6.40. The Kier molecular flexibility index (Phi) is 4.84. The molecule has 0 aliphatic heterocycles. The molecule has 0 amide bonds. The third kappa shape index (κ3) is 3.10. The van der Waals surface area contributed by atoms with Crippen LogP contribution in [0, 0.1) is 0 Å². The van der Waals surface area contributed by atoms with Crippen molar-refractivity contribution < 1.29 is 4.74 Å². The molecule has 2 rings (SSSR count). The van der Waals surface area contributed by atoms with Crippen molar-refractivity contribution in [1.82, 2.24) is 20.3 Å². The van der Waals surface area contributed by atoms with E-state index in [9.17, 15) is 0 Å². The van der Waals surface area contributed by atoms with Crippen LogP contribution in [0.1, 0.15) is 17.4 Å². The first-order valence-corrected chi connectivity index (χ1v) is 7.09. The molecule has 0 saturated carbocycles. The molecule has 2 aromatic rings. The van der Waals surface area contributed by atoms with Crippen LogP contribution in [0.3, 0.4) is 0 Å². The normalized spacial score (nSPS) is 12.2. The number of pyridine rings is 1. The zero-order valence-electron chi connectivity index (χ0n) is 10.4. The molecule has 0 aliphatic carbocycles. The predicted octanol–water partition coefficient (Wildman–Crippen LogP) is 2.71. The highest BCUT2D eigenvalue weighted by atomic mass is 79.9. The number of aromatic nitrogens is 3. The van der Waals surface area contributed by atoms with Gasteiger partial charge in [-0.15, -0.1) is 0 Å². The van der Waals surface area contributed by atoms with Crippen LogP contribution in [0.4, 0.5) is 0 Å². The maximum atomic E-state index is 5.25. The Morgan fingerprint density at radius 1 is 1.16 bits per heavy atom. The van der Waals surface area contributed by atoms with E-state index in [1.165, 1.54) is 0 Å². The lowest BCUT2D eigenvalue weighted by atomic mass is 10.1. The molecule has 7 heteroatoms. The molecular weight excluding hydrogens is 376 g/mol. The van der Waals surface area contributed by atoms with E-state index in [1.807, 2.05) is 13.1 Å². The lowest BCUT2D eigenvalue weighted by Crippen LogP contribution is -2.21. The largest absolute Gasteiger partial charge is 0.480 e. The second-order valence-electron chi connectivity index (χ2n) is 3.69. The van der Waals surface area contributed by atoms with E-state index >= 15 is 0 Å². The minimum atomic E-state index is -0.203. The number of hydrogen-bond acceptors (Lipinski definition) is 5. The maximum absolute atomic E-state index is 5.25. The summed E-state index contributed by atoms with van der Waals surface area (Å²) in [5.41, 5.74) is 1.52. The lowest BCUT2D eigenvalue weighted by molar-refractivity contribution is 0.383. The van der Waals surface area contributed by atoms with Crippen molar-refractivity contribution in [3.8, 4) is 5.88 Å². The molecule has 2 heterocycles. The molecule has 5 nitrogen and oxygen atoms in total. The molecule has 0 bridgehead atoms. The van der Waals surface area contributed by atoms with E-state index in [1.54, 1.807) is 25.7 Å². The van der Waals surface area contributed by atoms with Gasteiger partial charge in [0.15, 0.2) is 0 Å². The summed E-state index contributed by atoms with van der Waals surface area (Å²) in [5, 5.41) is 3.18. The van der Waals surface area contributed by atoms with Gasteiger partial charge in [-0.05, 0) is 45.0 Å². The Morgan fingerprint density at radius 3 is 2.53 bits per heavy atom. The summed E-state index contributed by atoms with van der Waals surface area (Å²) in [6.45, 7) is 0. The summed E-state index contributed by atoms with van der Waals surface area (Å²) in [6, 6.07) is 1.74. The van der Waals surface area contributed by atoms with Gasteiger partial charge in [0.2, 0.25) is 5.88 Å². The Labute approximate surface area is 128 Å². The molecule has 0 aromatic carbocycles. The van der Waals surface area contributed by atoms with Gasteiger partial charge in [0.05, 0.1) is 18.8 Å². The molecule has 0 fully saturated rings.